The summed E-state index contributed by atoms with van der Waals surface area (Å²) in [4.78, 5) is 0. The Morgan fingerprint density at radius 3 is 2.57 bits per heavy atom. The van der Waals surface area contributed by atoms with E-state index in [9.17, 15) is 4.55 Å². The first-order valence-electron chi connectivity index (χ1n) is 2.32. The van der Waals surface area contributed by atoms with Crippen LogP contribution in [0.3, 0.4) is 0 Å². The third kappa shape index (κ3) is 1.33. The Morgan fingerprint density at radius 1 is 1.71 bits per heavy atom. The lowest BCUT2D eigenvalue weighted by molar-refractivity contribution is 0.202. The van der Waals surface area contributed by atoms with Gasteiger partial charge in [-0.25, -0.2) is 0 Å². The SMILES string of the molecule is [O-][S@+]1CCC(O)C1. The Balaban J connectivity index is 2.26. The second kappa shape index (κ2) is 2.03. The summed E-state index contributed by atoms with van der Waals surface area (Å²) < 4.78 is 10.4. The summed E-state index contributed by atoms with van der Waals surface area (Å²) in [6.45, 7) is 0. The Bertz CT molecular complexity index is 58.7. The standard InChI is InChI=1S/C4H8O2S/c5-4-1-2-7(6)3-4/h4-5H,1-3H2/t4?,7-/m1/s1. The van der Waals surface area contributed by atoms with Crippen LogP contribution in [-0.4, -0.2) is 27.3 Å². The maximum Gasteiger partial charge on any atom is 0.131 e. The zero-order chi connectivity index (χ0) is 5.28. The largest absolute Gasteiger partial charge is 0.616 e. The fourth-order valence-electron chi connectivity index (χ4n) is 0.649. The van der Waals surface area contributed by atoms with Crippen molar-refractivity contribution in [2.75, 3.05) is 11.5 Å². The zero-order valence-corrected chi connectivity index (χ0v) is 4.78. The van der Waals surface area contributed by atoms with E-state index in [-0.39, 0.29) is 6.10 Å². The lowest BCUT2D eigenvalue weighted by Crippen LogP contribution is -2.07. The summed E-state index contributed by atoms with van der Waals surface area (Å²) in [6.07, 6.45) is 0.452. The predicted molar refractivity (Wildman–Crippen MR) is 28.5 cm³/mol. The van der Waals surface area contributed by atoms with Crippen molar-refractivity contribution in [3.05, 3.63) is 0 Å². The van der Waals surface area contributed by atoms with Crippen molar-refractivity contribution >= 4 is 11.2 Å². The Kier molecular flexibility index (Phi) is 1.57. The molecule has 2 atom stereocenters. The molecule has 0 aromatic heterocycles. The van der Waals surface area contributed by atoms with Crippen LogP contribution in [0.15, 0.2) is 0 Å². The average Bonchev–Trinajstić information content (AvgIpc) is 1.87. The van der Waals surface area contributed by atoms with Crippen molar-refractivity contribution < 1.29 is 9.66 Å². The van der Waals surface area contributed by atoms with Gasteiger partial charge in [0.1, 0.15) is 17.6 Å². The highest BCUT2D eigenvalue weighted by atomic mass is 32.2. The lowest BCUT2D eigenvalue weighted by atomic mass is 10.3. The van der Waals surface area contributed by atoms with Gasteiger partial charge in [0.25, 0.3) is 0 Å². The minimum atomic E-state index is -0.703. The van der Waals surface area contributed by atoms with E-state index in [1.165, 1.54) is 0 Å². The van der Waals surface area contributed by atoms with E-state index in [1.54, 1.807) is 0 Å². The molecular formula is C4H8O2S. The van der Waals surface area contributed by atoms with Crippen molar-refractivity contribution in [3.8, 4) is 0 Å². The van der Waals surface area contributed by atoms with Gasteiger partial charge in [-0.1, -0.05) is 11.2 Å². The van der Waals surface area contributed by atoms with Gasteiger partial charge in [-0.2, -0.15) is 0 Å². The van der Waals surface area contributed by atoms with Crippen LogP contribution in [0.4, 0.5) is 0 Å². The van der Waals surface area contributed by atoms with Crippen LogP contribution in [0, 0.1) is 0 Å². The van der Waals surface area contributed by atoms with E-state index in [1.807, 2.05) is 0 Å². The Hall–Kier alpha value is 0.270. The Morgan fingerprint density at radius 2 is 2.43 bits per heavy atom. The number of aliphatic hydroxyl groups is 1. The topological polar surface area (TPSA) is 43.3 Å². The second-order valence-corrected chi connectivity index (χ2v) is 3.37. The van der Waals surface area contributed by atoms with Crippen LogP contribution in [0.2, 0.25) is 0 Å². The van der Waals surface area contributed by atoms with Gasteiger partial charge in [0.2, 0.25) is 0 Å². The van der Waals surface area contributed by atoms with Gasteiger partial charge in [0.05, 0.1) is 0 Å². The summed E-state index contributed by atoms with van der Waals surface area (Å²) in [7, 11) is 0. The van der Waals surface area contributed by atoms with Crippen LogP contribution in [0.25, 0.3) is 0 Å². The zero-order valence-electron chi connectivity index (χ0n) is 3.96. The minimum absolute atomic E-state index is 0.277. The molecule has 0 bridgehead atoms. The van der Waals surface area contributed by atoms with Gasteiger partial charge in [-0.15, -0.1) is 0 Å². The third-order valence-corrected chi connectivity index (χ3v) is 2.50. The Labute approximate surface area is 45.7 Å². The van der Waals surface area contributed by atoms with Crippen molar-refractivity contribution in [1.29, 1.82) is 0 Å². The average molecular weight is 120 g/mol. The van der Waals surface area contributed by atoms with Gasteiger partial charge in [-0.05, 0) is 0 Å². The van der Waals surface area contributed by atoms with Gasteiger partial charge < -0.3 is 9.66 Å². The minimum Gasteiger partial charge on any atom is -0.616 e. The highest BCUT2D eigenvalue weighted by molar-refractivity contribution is 7.91. The lowest BCUT2D eigenvalue weighted by Gasteiger charge is -1.97. The monoisotopic (exact) mass is 120 g/mol. The van der Waals surface area contributed by atoms with E-state index in [0.29, 0.717) is 11.5 Å². The van der Waals surface area contributed by atoms with Gasteiger partial charge >= 0.3 is 0 Å². The van der Waals surface area contributed by atoms with Crippen molar-refractivity contribution in [2.45, 2.75) is 12.5 Å². The molecule has 0 aliphatic carbocycles. The van der Waals surface area contributed by atoms with E-state index in [4.69, 9.17) is 5.11 Å². The second-order valence-electron chi connectivity index (χ2n) is 1.75. The molecule has 0 spiro atoms. The molecule has 1 aliphatic rings. The quantitative estimate of drug-likeness (QED) is 0.438. The molecule has 1 rings (SSSR count). The van der Waals surface area contributed by atoms with Crippen LogP contribution < -0.4 is 0 Å². The van der Waals surface area contributed by atoms with E-state index in [0.717, 1.165) is 6.42 Å². The van der Waals surface area contributed by atoms with E-state index >= 15 is 0 Å². The summed E-state index contributed by atoms with van der Waals surface area (Å²) in [5, 5.41) is 8.71. The number of rotatable bonds is 0. The first-order chi connectivity index (χ1) is 3.29. The third-order valence-electron chi connectivity index (χ3n) is 1.06. The molecule has 0 saturated carbocycles. The molecule has 0 aromatic carbocycles. The maximum atomic E-state index is 10.4. The molecule has 0 radical (unpaired) electrons. The van der Waals surface area contributed by atoms with E-state index < -0.39 is 11.2 Å². The fraction of sp³-hybridized carbons (Fsp3) is 1.00. The predicted octanol–water partition coefficient (Wildman–Crippen LogP) is -0.500. The van der Waals surface area contributed by atoms with E-state index in [2.05, 4.69) is 0 Å². The molecule has 1 unspecified atom stereocenters. The highest BCUT2D eigenvalue weighted by Gasteiger charge is 2.22. The summed E-state index contributed by atoms with van der Waals surface area (Å²) in [5.74, 6) is 1.20. The number of hydrogen-bond donors (Lipinski definition) is 1. The molecule has 0 amide bonds. The molecule has 1 heterocycles. The maximum absolute atomic E-state index is 10.4. The molecule has 3 heteroatoms. The molecule has 0 aromatic rings. The van der Waals surface area contributed by atoms with Crippen LogP contribution in [0.1, 0.15) is 6.42 Å². The first kappa shape index (κ1) is 5.41. The fourth-order valence-corrected chi connectivity index (χ4v) is 1.95. The highest BCUT2D eigenvalue weighted by Crippen LogP contribution is 2.09. The summed E-state index contributed by atoms with van der Waals surface area (Å²) in [5.41, 5.74) is 0. The molecule has 7 heavy (non-hydrogen) atoms. The van der Waals surface area contributed by atoms with Crippen LogP contribution in [-0.2, 0) is 11.2 Å². The summed E-state index contributed by atoms with van der Waals surface area (Å²) in [6, 6.07) is 0. The molecule has 1 N–H and O–H groups in total. The number of aliphatic hydroxyl groups excluding tert-OH is 1. The van der Waals surface area contributed by atoms with Crippen LogP contribution in [0.5, 0.6) is 0 Å². The molecule has 1 fully saturated rings. The van der Waals surface area contributed by atoms with Crippen molar-refractivity contribution in [1.82, 2.24) is 0 Å². The number of hydrogen-bond acceptors (Lipinski definition) is 2. The van der Waals surface area contributed by atoms with Gasteiger partial charge in [-0.3, -0.25) is 0 Å². The molecular weight excluding hydrogens is 112 g/mol. The first-order valence-corrected chi connectivity index (χ1v) is 3.81. The van der Waals surface area contributed by atoms with Gasteiger partial charge in [0.15, 0.2) is 0 Å². The van der Waals surface area contributed by atoms with Crippen LogP contribution >= 0.6 is 0 Å². The van der Waals surface area contributed by atoms with Crippen molar-refractivity contribution in [3.63, 3.8) is 0 Å². The summed E-state index contributed by atoms with van der Waals surface area (Å²) >= 11 is -0.703. The van der Waals surface area contributed by atoms with Gasteiger partial charge in [0, 0.05) is 6.42 Å². The molecule has 1 aliphatic heterocycles. The molecule has 1 saturated heterocycles. The normalized spacial score (nSPS) is 42.0. The molecule has 42 valence electrons. The van der Waals surface area contributed by atoms with Crippen molar-refractivity contribution in [2.24, 2.45) is 0 Å². The smallest absolute Gasteiger partial charge is 0.131 e. The molecule has 2 nitrogen and oxygen atoms in total.